The Morgan fingerprint density at radius 3 is 1.30 bits per heavy atom. The molecule has 1 radical (unpaired) electrons. The number of carbonyl (C=O) groups is 1. The molecule has 9 aromatic carbocycles. The Morgan fingerprint density at radius 1 is 0.486 bits per heavy atom. The van der Waals surface area contributed by atoms with Crippen LogP contribution in [0.15, 0.2) is 230 Å². The number of rotatable bonds is 6. The van der Waals surface area contributed by atoms with Crippen LogP contribution < -0.4 is 0 Å². The molecule has 0 aliphatic heterocycles. The number of carbonyl (C=O) groups excluding carboxylic acids is 1. The average molecular weight is 1090 g/mol. The summed E-state index contributed by atoms with van der Waals surface area (Å²) in [6, 6.07) is 81.0. The quantitative estimate of drug-likeness (QED) is 0.103. The summed E-state index contributed by atoms with van der Waals surface area (Å²) < 4.78 is 4.72. The summed E-state index contributed by atoms with van der Waals surface area (Å²) in [7, 11) is 0. The van der Waals surface area contributed by atoms with Crippen LogP contribution in [0.5, 0.6) is 0 Å². The topological polar surface area (TPSA) is 60.0 Å². The first-order valence-electron chi connectivity index (χ1n) is 23.2. The summed E-state index contributed by atoms with van der Waals surface area (Å²) >= 11 is 0. The van der Waals surface area contributed by atoms with Crippen LogP contribution in [-0.2, 0) is 24.9 Å². The molecule has 6 heteroatoms. The van der Waals surface area contributed by atoms with Gasteiger partial charge in [-0.3, -0.25) is 9.78 Å². The van der Waals surface area contributed by atoms with Crippen molar-refractivity contribution in [2.24, 2.45) is 0 Å². The summed E-state index contributed by atoms with van der Waals surface area (Å²) in [5.74, 6) is -0.0625. The Bertz CT molecular complexity index is 3560. The fourth-order valence-electron chi connectivity index (χ4n) is 9.50. The first kappa shape index (κ1) is 46.9. The van der Waals surface area contributed by atoms with Gasteiger partial charge in [0, 0.05) is 64.5 Å². The smallest absolute Gasteiger partial charge is 0.155 e. The van der Waals surface area contributed by atoms with Gasteiger partial charge in [0.2, 0.25) is 0 Å². The van der Waals surface area contributed by atoms with Crippen LogP contribution in [0.3, 0.4) is 0 Å². The normalized spacial score (nSPS) is 11.2. The van der Waals surface area contributed by atoms with Gasteiger partial charge in [0.15, 0.2) is 5.78 Å². The van der Waals surface area contributed by atoms with Crippen molar-refractivity contribution in [3.63, 3.8) is 0 Å². The van der Waals surface area contributed by atoms with Crippen LogP contribution in [0.4, 0.5) is 0 Å². The minimum Gasteiger partial charge on any atom is -0.512 e. The van der Waals surface area contributed by atoms with Gasteiger partial charge in [0.05, 0.1) is 33.3 Å². The van der Waals surface area contributed by atoms with Crippen molar-refractivity contribution in [3.8, 4) is 44.9 Å². The molecular weight excluding hydrogens is 1030 g/mol. The zero-order valence-corrected chi connectivity index (χ0v) is 41.8. The number of benzene rings is 9. The van der Waals surface area contributed by atoms with Crippen LogP contribution in [0.1, 0.15) is 25.0 Å². The van der Waals surface area contributed by atoms with Crippen molar-refractivity contribution in [3.05, 3.63) is 247 Å². The number of hydrogen-bond donors (Lipinski definition) is 1. The molecule has 1 N–H and O–H groups in total. The summed E-state index contributed by atoms with van der Waals surface area (Å²) in [5.41, 5.74) is 17.7. The number of para-hydroxylation sites is 5. The Kier molecular flexibility index (Phi) is 13.8. The first-order valence-corrected chi connectivity index (χ1v) is 23.2. The van der Waals surface area contributed by atoms with E-state index in [1.165, 1.54) is 114 Å². The van der Waals surface area contributed by atoms with E-state index in [-0.39, 0.29) is 31.6 Å². The number of hydrogen-bond acceptors (Lipinski definition) is 3. The molecule has 0 saturated carbocycles. The second-order valence-electron chi connectivity index (χ2n) is 17.4. The number of aryl methyl sites for hydroxylation is 1. The number of allylic oxidation sites excluding steroid dienone is 2. The third-order valence-electron chi connectivity index (χ3n) is 12.6. The summed E-state index contributed by atoms with van der Waals surface area (Å²) in [4.78, 5) is 14.9. The largest absolute Gasteiger partial charge is 0.512 e. The summed E-state index contributed by atoms with van der Waals surface area (Å²) in [6.45, 7) is 7.09. The van der Waals surface area contributed by atoms with E-state index in [1.54, 1.807) is 0 Å². The van der Waals surface area contributed by atoms with E-state index in [0.29, 0.717) is 0 Å². The standard InChI is InChI=1S/C36H24N2.C23H18N.C5H8O2.Ir/c1-5-13-33-29(9-1)30-10-2-6-14-34(30)37(33)27-21-17-25(18-22-27)26-19-23-28(24-20-26)38-35-15-7-3-11-31(35)32-12-4-8-16-36(32)38;1-16-12-14-19(15-13-16)23-17(2)22(18-8-4-3-5-9-18)20-10-6-7-11-21(20)24-23;1-4(6)3-5(2)7;/h1-24H;3-14H,1-2H3;3,6H,1-2H3;/q;-1;;. The molecule has 5 nitrogen and oxygen atoms in total. The zero-order chi connectivity index (χ0) is 47.4. The Morgan fingerprint density at radius 2 is 0.900 bits per heavy atom. The average Bonchev–Trinajstić information content (AvgIpc) is 3.90. The van der Waals surface area contributed by atoms with E-state index >= 15 is 0 Å². The number of pyridine rings is 1. The van der Waals surface area contributed by atoms with E-state index in [2.05, 4.69) is 235 Å². The first-order chi connectivity index (χ1) is 33.7. The molecular formula is C64H50IrN3O2-. The maximum absolute atomic E-state index is 10.0. The fourth-order valence-corrected chi connectivity index (χ4v) is 9.50. The molecule has 0 saturated heterocycles. The van der Waals surface area contributed by atoms with Gasteiger partial charge in [-0.15, -0.1) is 35.4 Å². The summed E-state index contributed by atoms with van der Waals surface area (Å²) in [5, 5.41) is 14.7. The SMILES string of the molecule is CC(=O)C=C(C)O.Cc1c[c-]c(-c2nc3ccccc3c(-c3ccccc3)c2C)cc1.[Ir].c1ccc2c(c1)c1ccccc1n2-c1ccc(-c2ccc(-n3c4ccccc4c4ccccc43)cc2)cc1. The molecule has 0 aliphatic carbocycles. The van der Waals surface area contributed by atoms with Gasteiger partial charge < -0.3 is 14.2 Å². The predicted octanol–water partition coefficient (Wildman–Crippen LogP) is 16.6. The Hall–Kier alpha value is -8.15. The van der Waals surface area contributed by atoms with Crippen molar-refractivity contribution in [2.75, 3.05) is 0 Å². The van der Waals surface area contributed by atoms with Crippen molar-refractivity contribution < 1.29 is 30.0 Å². The number of fused-ring (bicyclic) bond motifs is 7. The molecule has 0 spiro atoms. The van der Waals surface area contributed by atoms with Gasteiger partial charge in [0.25, 0.3) is 0 Å². The second kappa shape index (κ2) is 20.6. The van der Waals surface area contributed by atoms with Crippen molar-refractivity contribution >= 4 is 60.3 Å². The van der Waals surface area contributed by atoms with Gasteiger partial charge in [-0.05, 0) is 103 Å². The summed E-state index contributed by atoms with van der Waals surface area (Å²) in [6.07, 6.45) is 1.17. The minimum atomic E-state index is -0.125. The van der Waals surface area contributed by atoms with E-state index in [4.69, 9.17) is 10.1 Å². The van der Waals surface area contributed by atoms with Crippen LogP contribution in [0.2, 0.25) is 0 Å². The van der Waals surface area contributed by atoms with E-state index in [1.807, 2.05) is 12.1 Å². The monoisotopic (exact) mass is 1090 g/mol. The minimum absolute atomic E-state index is 0. The molecule has 12 rings (SSSR count). The van der Waals surface area contributed by atoms with Crippen LogP contribution in [0.25, 0.3) is 99.4 Å². The number of nitrogens with zero attached hydrogens (tertiary/aromatic N) is 3. The molecule has 0 bridgehead atoms. The molecule has 0 atom stereocenters. The molecule has 0 amide bonds. The molecule has 0 unspecified atom stereocenters. The molecule has 0 aliphatic rings. The number of aromatic nitrogens is 3. The number of ketones is 1. The van der Waals surface area contributed by atoms with E-state index in [0.717, 1.165) is 16.8 Å². The maximum Gasteiger partial charge on any atom is 0.155 e. The van der Waals surface area contributed by atoms with E-state index < -0.39 is 0 Å². The van der Waals surface area contributed by atoms with Gasteiger partial charge in [-0.1, -0.05) is 158 Å². The Labute approximate surface area is 422 Å². The number of aliphatic hydroxyl groups excluding tert-OH is 1. The third-order valence-corrected chi connectivity index (χ3v) is 12.6. The van der Waals surface area contributed by atoms with Crippen molar-refractivity contribution in [1.82, 2.24) is 14.1 Å². The molecule has 3 aromatic heterocycles. The second-order valence-corrected chi connectivity index (χ2v) is 17.4. The fraction of sp³-hybridized carbons (Fsp3) is 0.0625. The zero-order valence-electron chi connectivity index (χ0n) is 39.4. The van der Waals surface area contributed by atoms with Crippen LogP contribution in [-0.4, -0.2) is 25.0 Å². The van der Waals surface area contributed by atoms with Crippen molar-refractivity contribution in [2.45, 2.75) is 27.7 Å². The molecule has 70 heavy (non-hydrogen) atoms. The van der Waals surface area contributed by atoms with E-state index in [9.17, 15) is 4.79 Å². The van der Waals surface area contributed by atoms with Crippen LogP contribution in [0, 0.1) is 19.9 Å². The maximum atomic E-state index is 10.0. The molecule has 3 heterocycles. The van der Waals surface area contributed by atoms with Crippen LogP contribution >= 0.6 is 0 Å². The Balaban J connectivity index is 0.000000163. The predicted molar refractivity (Wildman–Crippen MR) is 289 cm³/mol. The third kappa shape index (κ3) is 9.36. The van der Waals surface area contributed by atoms with Gasteiger partial charge in [-0.2, -0.15) is 0 Å². The number of aliphatic hydroxyl groups is 1. The van der Waals surface area contributed by atoms with Crippen molar-refractivity contribution in [1.29, 1.82) is 0 Å². The van der Waals surface area contributed by atoms with Gasteiger partial charge in [0.1, 0.15) is 0 Å². The van der Waals surface area contributed by atoms with Gasteiger partial charge >= 0.3 is 0 Å². The molecule has 0 fully saturated rings. The molecule has 12 aromatic rings. The molecule has 343 valence electrons. The van der Waals surface area contributed by atoms with Gasteiger partial charge in [-0.25, -0.2) is 0 Å².